The van der Waals surface area contributed by atoms with Gasteiger partial charge in [0, 0.05) is 11.8 Å². The van der Waals surface area contributed by atoms with E-state index in [1.807, 2.05) is 18.2 Å². The Morgan fingerprint density at radius 3 is 2.70 bits per heavy atom. The highest BCUT2D eigenvalue weighted by molar-refractivity contribution is 7.80. The summed E-state index contributed by atoms with van der Waals surface area (Å²) in [5.74, 6) is 1.50. The van der Waals surface area contributed by atoms with Gasteiger partial charge in [-0.1, -0.05) is 23.8 Å². The quantitative estimate of drug-likeness (QED) is 0.831. The summed E-state index contributed by atoms with van der Waals surface area (Å²) in [7, 11) is 0. The number of aryl methyl sites for hydroxylation is 2. The molecule has 0 spiro atoms. The zero-order valence-electron chi connectivity index (χ0n) is 13.5. The van der Waals surface area contributed by atoms with E-state index in [0.29, 0.717) is 5.11 Å². The van der Waals surface area contributed by atoms with E-state index in [4.69, 9.17) is 21.7 Å². The fourth-order valence-corrected chi connectivity index (χ4v) is 2.94. The number of anilines is 1. The smallest absolute Gasteiger partial charge is 0.231 e. The van der Waals surface area contributed by atoms with Crippen molar-refractivity contribution in [2.75, 3.05) is 12.1 Å². The van der Waals surface area contributed by atoms with Crippen molar-refractivity contribution >= 4 is 23.0 Å². The Hall–Kier alpha value is -2.27. The van der Waals surface area contributed by atoms with Crippen LogP contribution in [0.4, 0.5) is 5.69 Å². The molecule has 2 N–H and O–H groups in total. The largest absolute Gasteiger partial charge is 0.454 e. The molecule has 1 atom stereocenters. The number of ether oxygens (including phenoxy) is 2. The predicted octanol–water partition coefficient (Wildman–Crippen LogP) is 4.08. The minimum atomic E-state index is 0.129. The summed E-state index contributed by atoms with van der Waals surface area (Å²) < 4.78 is 10.7. The van der Waals surface area contributed by atoms with Crippen molar-refractivity contribution in [3.63, 3.8) is 0 Å². The highest BCUT2D eigenvalue weighted by Gasteiger charge is 2.14. The number of nitrogens with one attached hydrogen (secondary N) is 2. The van der Waals surface area contributed by atoms with Crippen LogP contribution in [0.25, 0.3) is 0 Å². The number of thiocarbonyl (C=S) groups is 1. The Morgan fingerprint density at radius 1 is 1.09 bits per heavy atom. The summed E-state index contributed by atoms with van der Waals surface area (Å²) in [5.41, 5.74) is 4.62. The summed E-state index contributed by atoms with van der Waals surface area (Å²) in [6.07, 6.45) is 0. The molecular weight excluding hydrogens is 308 g/mol. The van der Waals surface area contributed by atoms with Gasteiger partial charge in [0.1, 0.15) is 0 Å². The van der Waals surface area contributed by atoms with Crippen LogP contribution in [-0.4, -0.2) is 11.9 Å². The minimum Gasteiger partial charge on any atom is -0.454 e. The summed E-state index contributed by atoms with van der Waals surface area (Å²) in [5, 5.41) is 7.10. The summed E-state index contributed by atoms with van der Waals surface area (Å²) in [6.45, 7) is 6.58. The third-order valence-corrected chi connectivity index (χ3v) is 4.10. The monoisotopic (exact) mass is 328 g/mol. The van der Waals surface area contributed by atoms with Gasteiger partial charge in [0.2, 0.25) is 6.79 Å². The van der Waals surface area contributed by atoms with Gasteiger partial charge in [-0.3, -0.25) is 0 Å². The van der Waals surface area contributed by atoms with Gasteiger partial charge in [-0.15, -0.1) is 0 Å². The van der Waals surface area contributed by atoms with E-state index in [9.17, 15) is 0 Å². The number of fused-ring (bicyclic) bond motifs is 1. The maximum atomic E-state index is 5.42. The van der Waals surface area contributed by atoms with Crippen LogP contribution >= 0.6 is 12.2 Å². The molecule has 0 amide bonds. The first-order chi connectivity index (χ1) is 11.0. The standard InChI is InChI=1S/C18H20N2O2S/c1-11-4-5-12(2)15(8-11)13(3)19-18(23)20-14-6-7-16-17(9-14)22-10-21-16/h4-9,13H,10H2,1-3H3,(H2,19,20,23)/t13-/m1/s1. The van der Waals surface area contributed by atoms with E-state index < -0.39 is 0 Å². The molecule has 0 unspecified atom stereocenters. The van der Waals surface area contributed by atoms with Gasteiger partial charge < -0.3 is 20.1 Å². The van der Waals surface area contributed by atoms with Crippen LogP contribution in [0.5, 0.6) is 11.5 Å². The van der Waals surface area contributed by atoms with E-state index in [2.05, 4.69) is 49.6 Å². The van der Waals surface area contributed by atoms with Crippen LogP contribution < -0.4 is 20.1 Å². The van der Waals surface area contributed by atoms with Crippen LogP contribution in [0, 0.1) is 13.8 Å². The Labute approximate surface area is 141 Å². The normalized spacial score (nSPS) is 13.5. The summed E-state index contributed by atoms with van der Waals surface area (Å²) in [6, 6.07) is 12.3. The lowest BCUT2D eigenvalue weighted by Gasteiger charge is -2.19. The maximum Gasteiger partial charge on any atom is 0.231 e. The average molecular weight is 328 g/mol. The molecular formula is C18H20N2O2S. The van der Waals surface area contributed by atoms with E-state index in [1.165, 1.54) is 16.7 Å². The molecule has 2 aromatic carbocycles. The van der Waals surface area contributed by atoms with Crippen LogP contribution in [0.1, 0.15) is 29.7 Å². The molecule has 1 heterocycles. The fourth-order valence-electron chi connectivity index (χ4n) is 2.64. The lowest BCUT2D eigenvalue weighted by Crippen LogP contribution is -2.31. The predicted molar refractivity (Wildman–Crippen MR) is 96.3 cm³/mol. The fraction of sp³-hybridized carbons (Fsp3) is 0.278. The third kappa shape index (κ3) is 3.56. The van der Waals surface area contributed by atoms with Crippen LogP contribution in [0.15, 0.2) is 36.4 Å². The Morgan fingerprint density at radius 2 is 1.87 bits per heavy atom. The molecule has 5 heteroatoms. The van der Waals surface area contributed by atoms with E-state index >= 15 is 0 Å². The zero-order chi connectivity index (χ0) is 16.4. The molecule has 0 aromatic heterocycles. The summed E-state index contributed by atoms with van der Waals surface area (Å²) in [4.78, 5) is 0. The molecule has 1 aliphatic heterocycles. The van der Waals surface area contributed by atoms with Crippen molar-refractivity contribution in [2.24, 2.45) is 0 Å². The molecule has 2 aromatic rings. The van der Waals surface area contributed by atoms with E-state index in [-0.39, 0.29) is 12.8 Å². The van der Waals surface area contributed by atoms with Crippen molar-refractivity contribution in [3.8, 4) is 11.5 Å². The molecule has 0 bridgehead atoms. The SMILES string of the molecule is Cc1ccc(C)c([C@@H](C)NC(=S)Nc2ccc3c(c2)OCO3)c1. The second kappa shape index (κ2) is 6.46. The maximum absolute atomic E-state index is 5.42. The van der Waals surface area contributed by atoms with Gasteiger partial charge in [0.15, 0.2) is 16.6 Å². The van der Waals surface area contributed by atoms with Crippen LogP contribution in [0.2, 0.25) is 0 Å². The van der Waals surface area contributed by atoms with Crippen molar-refractivity contribution in [1.29, 1.82) is 0 Å². The van der Waals surface area contributed by atoms with Crippen molar-refractivity contribution < 1.29 is 9.47 Å². The Balaban J connectivity index is 1.66. The summed E-state index contributed by atoms with van der Waals surface area (Å²) >= 11 is 5.42. The zero-order valence-corrected chi connectivity index (χ0v) is 14.3. The van der Waals surface area contributed by atoms with Crippen molar-refractivity contribution in [3.05, 3.63) is 53.1 Å². The highest BCUT2D eigenvalue weighted by Crippen LogP contribution is 2.34. The number of benzene rings is 2. The molecule has 0 saturated heterocycles. The Bertz CT molecular complexity index is 746. The second-order valence-electron chi connectivity index (χ2n) is 5.75. The van der Waals surface area contributed by atoms with Gasteiger partial charge in [0.05, 0.1) is 6.04 Å². The first kappa shape index (κ1) is 15.6. The molecule has 0 aliphatic carbocycles. The van der Waals surface area contributed by atoms with Crippen molar-refractivity contribution in [1.82, 2.24) is 5.32 Å². The first-order valence-corrected chi connectivity index (χ1v) is 7.98. The average Bonchev–Trinajstić information content (AvgIpc) is 2.97. The van der Waals surface area contributed by atoms with Crippen LogP contribution in [-0.2, 0) is 0 Å². The molecule has 23 heavy (non-hydrogen) atoms. The molecule has 4 nitrogen and oxygen atoms in total. The second-order valence-corrected chi connectivity index (χ2v) is 6.16. The molecule has 0 saturated carbocycles. The topological polar surface area (TPSA) is 42.5 Å². The van der Waals surface area contributed by atoms with Gasteiger partial charge in [-0.05, 0) is 56.2 Å². The van der Waals surface area contributed by atoms with Gasteiger partial charge in [0.25, 0.3) is 0 Å². The van der Waals surface area contributed by atoms with Crippen molar-refractivity contribution in [2.45, 2.75) is 26.8 Å². The number of hydrogen-bond acceptors (Lipinski definition) is 3. The molecule has 120 valence electrons. The van der Waals surface area contributed by atoms with Gasteiger partial charge in [-0.25, -0.2) is 0 Å². The third-order valence-electron chi connectivity index (χ3n) is 3.88. The van der Waals surface area contributed by atoms with Crippen LogP contribution in [0.3, 0.4) is 0 Å². The van der Waals surface area contributed by atoms with Gasteiger partial charge >= 0.3 is 0 Å². The first-order valence-electron chi connectivity index (χ1n) is 7.57. The highest BCUT2D eigenvalue weighted by atomic mass is 32.1. The lowest BCUT2D eigenvalue weighted by molar-refractivity contribution is 0.174. The Kier molecular flexibility index (Phi) is 4.39. The molecule has 0 fully saturated rings. The lowest BCUT2D eigenvalue weighted by atomic mass is 10.0. The molecule has 3 rings (SSSR count). The number of hydrogen-bond donors (Lipinski definition) is 2. The number of rotatable bonds is 3. The van der Waals surface area contributed by atoms with Gasteiger partial charge in [-0.2, -0.15) is 0 Å². The molecule has 1 aliphatic rings. The minimum absolute atomic E-state index is 0.129. The van der Waals surface area contributed by atoms with E-state index in [1.54, 1.807) is 0 Å². The molecule has 0 radical (unpaired) electrons. The van der Waals surface area contributed by atoms with E-state index in [0.717, 1.165) is 17.2 Å².